The van der Waals surface area contributed by atoms with E-state index in [1.165, 1.54) is 27.7 Å². The zero-order valence-corrected chi connectivity index (χ0v) is 93.6. The fraction of sp³-hybridized carbons (Fsp3) is 0.886. The van der Waals surface area contributed by atoms with Gasteiger partial charge < -0.3 is 173 Å². The average Bonchev–Trinajstić information content (AvgIpc) is 0.719. The number of aliphatic hydroxyl groups excluding tert-OH is 15. The fourth-order valence-corrected chi connectivity index (χ4v) is 23.5. The number of thiol groups is 1. The van der Waals surface area contributed by atoms with Gasteiger partial charge in [-0.05, 0) is 111 Å². The summed E-state index contributed by atoms with van der Waals surface area (Å²) >= 11 is 5.16. The second-order valence-electron chi connectivity index (χ2n) is 41.8. The molecule has 0 aromatic heterocycles. The average molecular weight is 2190 g/mol. The molecule has 3 amide bonds. The largest absolute Gasteiger partial charge is 0.479 e. The van der Waals surface area contributed by atoms with E-state index >= 15 is 4.79 Å². The van der Waals surface area contributed by atoms with E-state index in [2.05, 4.69) is 35.2 Å². The third-order valence-electron chi connectivity index (χ3n) is 30.1. The van der Waals surface area contributed by atoms with Crippen LogP contribution in [0.1, 0.15) is 287 Å². The number of nitrogens with one attached hydrogen (secondary N) is 3. The topological polar surface area (TPSA) is 644 Å². The smallest absolute Gasteiger partial charge is 0.338 e. The molecule has 0 spiro atoms. The Balaban J connectivity index is 1.78. The van der Waals surface area contributed by atoms with Gasteiger partial charge in [-0.2, -0.15) is 24.4 Å². The number of aliphatic hydroxyl groups is 15. The van der Waals surface area contributed by atoms with Crippen molar-refractivity contribution in [1.82, 2.24) is 16.0 Å². The molecule has 0 aromatic rings. The molecule has 0 aliphatic carbocycles. The maximum absolute atomic E-state index is 15.9. The summed E-state index contributed by atoms with van der Waals surface area (Å²) < 4.78 is 104. The van der Waals surface area contributed by atoms with Crippen molar-refractivity contribution in [2.24, 2.45) is 22.2 Å². The molecular weight excluding hydrogens is 2010 g/mol. The van der Waals surface area contributed by atoms with Crippen molar-refractivity contribution < 1.29 is 196 Å². The van der Waals surface area contributed by atoms with Gasteiger partial charge in [0.25, 0.3) is 0 Å². The van der Waals surface area contributed by atoms with Gasteiger partial charge in [-0.1, -0.05) is 179 Å². The number of hydrogen-bond donors (Lipinski definition) is 20. The highest BCUT2D eigenvalue weighted by Crippen LogP contribution is 2.59. The monoisotopic (exact) mass is 2190 g/mol. The Morgan fingerprint density at radius 1 is 0.480 bits per heavy atom. The molecule has 5 aliphatic rings. The van der Waals surface area contributed by atoms with Crippen LogP contribution < -0.4 is 16.0 Å². The van der Waals surface area contributed by atoms with E-state index in [0.717, 1.165) is 25.6 Å². The van der Waals surface area contributed by atoms with Gasteiger partial charge in [0, 0.05) is 54.4 Å². The molecule has 39 atom stereocenters. The van der Waals surface area contributed by atoms with Crippen LogP contribution in [-0.2, 0) is 114 Å². The molecule has 0 saturated carbocycles. The lowest BCUT2D eigenvalue weighted by atomic mass is 9.57. The van der Waals surface area contributed by atoms with E-state index in [0.29, 0.717) is 57.8 Å². The summed E-state index contributed by atoms with van der Waals surface area (Å²) in [6, 6.07) is -4.99. The number of allylic oxidation sites excluding steroid dienone is 1. The van der Waals surface area contributed by atoms with E-state index in [1.54, 1.807) is 54.5 Å². The first kappa shape index (κ1) is 135. The lowest BCUT2D eigenvalue weighted by Crippen LogP contribution is -2.74. The van der Waals surface area contributed by atoms with Crippen molar-refractivity contribution >= 4 is 72.0 Å². The highest BCUT2D eigenvalue weighted by molar-refractivity contribution is 7.99. The van der Waals surface area contributed by atoms with E-state index in [1.807, 2.05) is 61.5 Å². The number of carboxylic acid groups (broad SMARTS) is 1. The predicted octanol–water partition coefficient (Wildman–Crippen LogP) is 4.35. The van der Waals surface area contributed by atoms with Crippen LogP contribution in [-0.4, -0.2) is 411 Å². The minimum Gasteiger partial charge on any atom is -0.479 e. The van der Waals surface area contributed by atoms with Crippen molar-refractivity contribution in [2.75, 3.05) is 63.5 Å². The van der Waals surface area contributed by atoms with Gasteiger partial charge in [-0.25, -0.2) is 19.2 Å². The Bertz CT molecular complexity index is 4080. The van der Waals surface area contributed by atoms with Gasteiger partial charge in [0.2, 0.25) is 17.7 Å². The quantitative estimate of drug-likeness (QED) is 0.0100. The van der Waals surface area contributed by atoms with Gasteiger partial charge >= 0.3 is 29.8 Å². The summed E-state index contributed by atoms with van der Waals surface area (Å²) in [4.78, 5) is 113. The second kappa shape index (κ2) is 64.2. The maximum atomic E-state index is 15.9. The fourth-order valence-electron chi connectivity index (χ4n) is 22.2. The molecule has 5 heterocycles. The summed E-state index contributed by atoms with van der Waals surface area (Å²) in [5.41, 5.74) is -9.19. The van der Waals surface area contributed by atoms with Gasteiger partial charge in [0.15, 0.2) is 37.2 Å². The van der Waals surface area contributed by atoms with E-state index in [-0.39, 0.29) is 106 Å². The Morgan fingerprint density at radius 2 is 0.900 bits per heavy atom. The van der Waals surface area contributed by atoms with Crippen LogP contribution in [0, 0.1) is 22.2 Å². The summed E-state index contributed by atoms with van der Waals surface area (Å²) in [5.74, 6) is -8.97. The van der Waals surface area contributed by atoms with Crippen LogP contribution in [0.15, 0.2) is 24.3 Å². The van der Waals surface area contributed by atoms with Crippen LogP contribution in [0.2, 0.25) is 0 Å². The number of unbranched alkanes of at least 4 members (excludes halogenated alkanes) is 3. The number of hydrogen-bond acceptors (Lipinski definition) is 41. The molecule has 5 fully saturated rings. The minimum atomic E-state index is -2.42. The summed E-state index contributed by atoms with van der Waals surface area (Å²) in [5, 5.41) is 201. The minimum absolute atomic E-state index is 0.000858. The first-order valence-electron chi connectivity index (χ1n) is 53.9. The normalized spacial score (nSPS) is 31.3. The van der Waals surface area contributed by atoms with E-state index in [4.69, 9.17) is 75.8 Å². The predicted molar refractivity (Wildman–Crippen MR) is 551 cm³/mol. The molecule has 19 N–H and O–H groups in total. The highest BCUT2D eigenvalue weighted by atomic mass is 32.2. The third kappa shape index (κ3) is 34.7. The number of aliphatic carboxylic acids is 1. The highest BCUT2D eigenvalue weighted by Gasteiger charge is 2.69. The third-order valence-corrected chi connectivity index (χ3v) is 31.7. The van der Waals surface area contributed by atoms with Crippen LogP contribution in [0.4, 0.5) is 0 Å². The van der Waals surface area contributed by atoms with Gasteiger partial charge in [0.05, 0.1) is 85.3 Å². The van der Waals surface area contributed by atoms with Gasteiger partial charge in [-0.3, -0.25) is 19.2 Å². The number of amides is 3. The van der Waals surface area contributed by atoms with Crippen LogP contribution >= 0.6 is 24.4 Å². The molecule has 45 heteroatoms. The first-order valence-corrected chi connectivity index (χ1v) is 55.7. The van der Waals surface area contributed by atoms with Crippen molar-refractivity contribution in [1.29, 1.82) is 0 Å². The van der Waals surface area contributed by atoms with Crippen LogP contribution in [0.25, 0.3) is 0 Å². The lowest BCUT2D eigenvalue weighted by molar-refractivity contribution is -0.359. The zero-order chi connectivity index (χ0) is 113. The molecule has 5 saturated heterocycles. The molecule has 0 aromatic carbocycles. The summed E-state index contributed by atoms with van der Waals surface area (Å²) in [6.07, 6.45) is -47.8. The van der Waals surface area contributed by atoms with Crippen molar-refractivity contribution in [3.8, 4) is 0 Å². The Kier molecular flexibility index (Phi) is 57.9. The van der Waals surface area contributed by atoms with Crippen molar-refractivity contribution in [3.05, 3.63) is 24.3 Å². The lowest BCUT2D eigenvalue weighted by Gasteiger charge is -2.60. The molecule has 5 rings (SSSR count). The van der Waals surface area contributed by atoms with Crippen LogP contribution in [0.5, 0.6) is 0 Å². The second-order valence-corrected chi connectivity index (χ2v) is 43.3. The van der Waals surface area contributed by atoms with Gasteiger partial charge in [0.1, 0.15) is 148 Å². The number of carbonyl (C=O) groups is 8. The number of rotatable bonds is 69. The SMILES string of the molecule is C=C(C)C(=O)OCC(O)COC(=O)C1O[C@@H](C(CC)(CCCC)C(CCC)(CCC)OC2C(NC(C)=O)[C@H](O[C@H]3C(C(=O)OCC(O)COC(=O)C(C)CSCC(O)C(O)CS)O[C@@H](C(C)(CC)CCC)C(O)C3O)OC(CO)[C@H]2O)C(O)C(O)[C@H]1O[C@@H]1OC(CO)[C@@H](O)C(OC(CCC)(CCCC)C(CC)(CCCC)[C@@H]2OC(C(=O)O)[C@H](O[C@H](OC(C)CO)C(NC(C)=O)[C@@H](C)OC(C)(/C=C\C)CCC)C(O)[C@@H]2O)C1NC(C)=O. The van der Waals surface area contributed by atoms with Crippen LogP contribution in [0.3, 0.4) is 0 Å². The number of esters is 4. The molecule has 0 bridgehead atoms. The molecule has 43 nitrogen and oxygen atoms in total. The number of ether oxygens (including phenoxy) is 16. The number of thioether (sulfide) groups is 1. The molecule has 0 radical (unpaired) electrons. The molecule has 150 heavy (non-hydrogen) atoms. The van der Waals surface area contributed by atoms with E-state index in [9.17, 15) is 115 Å². The zero-order valence-electron chi connectivity index (χ0n) is 91.9. The molecular formula is C105H185N3O40S2. The molecule has 872 valence electrons. The van der Waals surface area contributed by atoms with Crippen molar-refractivity contribution in [2.45, 2.75) is 505 Å². The Morgan fingerprint density at radius 3 is 1.29 bits per heavy atom. The number of carbonyl (C=O) groups excluding carboxylic acids is 7. The van der Waals surface area contributed by atoms with Gasteiger partial charge in [-0.15, -0.1) is 0 Å². The summed E-state index contributed by atoms with van der Waals surface area (Å²) in [6.45, 7) is 32.4. The Hall–Kier alpha value is -5.14. The Labute approximate surface area is 894 Å². The molecule has 5 aliphatic heterocycles. The first-order chi connectivity index (χ1) is 70.8. The summed E-state index contributed by atoms with van der Waals surface area (Å²) in [7, 11) is 0. The molecule has 26 unspecified atom stereocenters. The van der Waals surface area contributed by atoms with E-state index < -0.39 is 335 Å². The van der Waals surface area contributed by atoms with Crippen molar-refractivity contribution in [3.63, 3.8) is 0 Å². The standard InChI is InChI=1S/C105H185N3O40S2/c1-23-35-44-102(33-11,104(41-29-7,42-30-8)147-81-71(107-62(19)113)98(138-68(48-110)73(81)119)144-84-75(121)78(124)89(100(21,32-10)38-26-4)141-87(84)95(131)135-53-65(116)51-134-94(130)58(15)55-150-56-67(118)66(117)54-149)91-80(126)77(123)85(88(142-91)96(132)136-52-64(115)50-133-93(129)57(13)14)145-99-72(108-63(20)114)82(74(120)69(49-111)139-99)148-105(43-31-9,46-37-25-3)103(34-12,45-36-24-2)90-79(125)76(122)83(86(140-90)92(127)128)143-97(137-59(16)47-109)70(106-61(18)112)60(17)146-101(22,39-27-5)40-28-6/h27,39,58-60,64-91,97-99,109-111,115-126,149H,13,23-26,28-38,40-56H2,1-12,14-22H3,(H,106,112)(H,107,113)(H,108,114)(H,127,128)/b39-27-/t58?,59?,60-,64?,65?,66?,67?,68?,69?,70?,71?,72?,73-,74-,75?,76?,77?,78?,79+,80?,81?,82?,83-,84-,85-,86?,87?,88?,89-,90-,91-,97+,98+,99+,100?,101?,102?,103?,105?/m1/s1. The number of carboxylic acids is 1. The maximum Gasteiger partial charge on any atom is 0.338 e.